The third-order valence-electron chi connectivity index (χ3n) is 4.70. The Bertz CT molecular complexity index is 805. The molecule has 26 heavy (non-hydrogen) atoms. The molecule has 6 heteroatoms. The van der Waals surface area contributed by atoms with Gasteiger partial charge in [0.15, 0.2) is 0 Å². The van der Waals surface area contributed by atoms with Crippen LogP contribution < -0.4 is 5.32 Å². The molecular weight excluding hydrogens is 333 g/mol. The zero-order chi connectivity index (χ0) is 18.7. The van der Waals surface area contributed by atoms with Crippen LogP contribution in [-0.2, 0) is 4.79 Å². The number of pyridine rings is 1. The third kappa shape index (κ3) is 4.07. The summed E-state index contributed by atoms with van der Waals surface area (Å²) >= 11 is 0. The van der Waals surface area contributed by atoms with Gasteiger partial charge in [0, 0.05) is 37.8 Å². The molecule has 0 aliphatic heterocycles. The van der Waals surface area contributed by atoms with Gasteiger partial charge in [0.1, 0.15) is 5.82 Å². The van der Waals surface area contributed by atoms with Crippen molar-refractivity contribution in [1.82, 2.24) is 15.2 Å². The zero-order valence-electron chi connectivity index (χ0n) is 14.9. The second-order valence-electron chi connectivity index (χ2n) is 6.86. The summed E-state index contributed by atoms with van der Waals surface area (Å²) in [6.07, 6.45) is 3.74. The molecule has 2 atom stereocenters. The number of carbonyl (C=O) groups is 2. The first-order chi connectivity index (χ1) is 12.4. The molecule has 3 rings (SSSR count). The summed E-state index contributed by atoms with van der Waals surface area (Å²) in [6.45, 7) is 0. The van der Waals surface area contributed by atoms with E-state index in [-0.39, 0.29) is 29.6 Å². The number of benzene rings is 1. The summed E-state index contributed by atoms with van der Waals surface area (Å²) < 4.78 is 13.3. The lowest BCUT2D eigenvalue weighted by molar-refractivity contribution is -0.132. The molecule has 0 saturated heterocycles. The molecule has 2 amide bonds. The lowest BCUT2D eigenvalue weighted by atomic mass is 10.1. The molecule has 2 aromatic rings. The first kappa shape index (κ1) is 18.0. The van der Waals surface area contributed by atoms with Gasteiger partial charge in [-0.3, -0.25) is 14.6 Å². The topological polar surface area (TPSA) is 62.3 Å². The normalized spacial score (nSPS) is 19.2. The van der Waals surface area contributed by atoms with Crippen LogP contribution in [0.1, 0.15) is 29.6 Å². The van der Waals surface area contributed by atoms with Crippen LogP contribution in [0.3, 0.4) is 0 Å². The molecule has 0 radical (unpaired) electrons. The first-order valence-electron chi connectivity index (χ1n) is 8.68. The number of halogens is 1. The molecule has 1 aliphatic rings. The van der Waals surface area contributed by atoms with E-state index in [9.17, 15) is 14.0 Å². The van der Waals surface area contributed by atoms with Crippen LogP contribution in [0.2, 0.25) is 0 Å². The second kappa shape index (κ2) is 7.64. The first-order valence-corrected chi connectivity index (χ1v) is 8.68. The maximum Gasteiger partial charge on any atom is 0.253 e. The van der Waals surface area contributed by atoms with E-state index >= 15 is 0 Å². The third-order valence-corrected chi connectivity index (χ3v) is 4.70. The Morgan fingerprint density at radius 2 is 2.00 bits per heavy atom. The van der Waals surface area contributed by atoms with Crippen LogP contribution in [0, 0.1) is 11.7 Å². The quantitative estimate of drug-likeness (QED) is 0.917. The van der Waals surface area contributed by atoms with E-state index in [2.05, 4.69) is 10.3 Å². The molecule has 0 unspecified atom stereocenters. The van der Waals surface area contributed by atoms with Crippen molar-refractivity contribution in [2.75, 3.05) is 14.1 Å². The predicted octanol–water partition coefficient (Wildman–Crippen LogP) is 2.87. The number of aromatic nitrogens is 1. The highest BCUT2D eigenvalue weighted by Gasteiger charge is 2.31. The number of rotatable bonds is 4. The highest BCUT2D eigenvalue weighted by molar-refractivity contribution is 5.94. The van der Waals surface area contributed by atoms with Crippen LogP contribution in [0.4, 0.5) is 4.39 Å². The highest BCUT2D eigenvalue weighted by atomic mass is 19.1. The van der Waals surface area contributed by atoms with Crippen molar-refractivity contribution < 1.29 is 14.0 Å². The highest BCUT2D eigenvalue weighted by Crippen LogP contribution is 2.27. The van der Waals surface area contributed by atoms with Gasteiger partial charge in [0.25, 0.3) is 5.91 Å². The van der Waals surface area contributed by atoms with E-state index in [4.69, 9.17) is 0 Å². The molecule has 1 heterocycles. The second-order valence-corrected chi connectivity index (χ2v) is 6.86. The van der Waals surface area contributed by atoms with Gasteiger partial charge in [-0.25, -0.2) is 4.39 Å². The minimum Gasteiger partial charge on any atom is -0.349 e. The molecular formula is C20H22FN3O2. The lowest BCUT2D eigenvalue weighted by Gasteiger charge is -2.16. The van der Waals surface area contributed by atoms with Gasteiger partial charge in [0.2, 0.25) is 5.91 Å². The fourth-order valence-electron chi connectivity index (χ4n) is 3.32. The van der Waals surface area contributed by atoms with Crippen molar-refractivity contribution in [2.24, 2.45) is 5.92 Å². The Kier molecular flexibility index (Phi) is 5.30. The van der Waals surface area contributed by atoms with Crippen molar-refractivity contribution in [2.45, 2.75) is 25.3 Å². The van der Waals surface area contributed by atoms with Gasteiger partial charge in [-0.1, -0.05) is 12.1 Å². The Labute approximate surface area is 152 Å². The van der Waals surface area contributed by atoms with E-state index in [0.717, 1.165) is 12.8 Å². The van der Waals surface area contributed by atoms with Crippen molar-refractivity contribution >= 4 is 11.8 Å². The van der Waals surface area contributed by atoms with E-state index in [1.165, 1.54) is 18.3 Å². The summed E-state index contributed by atoms with van der Waals surface area (Å²) in [5, 5.41) is 2.98. The molecule has 0 bridgehead atoms. The van der Waals surface area contributed by atoms with Crippen LogP contribution >= 0.6 is 0 Å². The molecule has 1 aromatic heterocycles. The maximum absolute atomic E-state index is 13.3. The lowest BCUT2D eigenvalue weighted by Crippen LogP contribution is -2.34. The number of hydrogen-bond donors (Lipinski definition) is 1. The smallest absolute Gasteiger partial charge is 0.253 e. The van der Waals surface area contributed by atoms with E-state index in [1.54, 1.807) is 43.3 Å². The number of amides is 2. The summed E-state index contributed by atoms with van der Waals surface area (Å²) in [5.41, 5.74) is 1.73. The molecule has 1 N–H and O–H groups in total. The van der Waals surface area contributed by atoms with Gasteiger partial charge in [-0.15, -0.1) is 0 Å². The fourth-order valence-corrected chi connectivity index (χ4v) is 3.32. The minimum absolute atomic E-state index is 0.000652. The van der Waals surface area contributed by atoms with E-state index in [1.807, 2.05) is 0 Å². The van der Waals surface area contributed by atoms with Crippen molar-refractivity contribution in [3.05, 3.63) is 54.0 Å². The molecule has 5 nitrogen and oxygen atoms in total. The van der Waals surface area contributed by atoms with Crippen LogP contribution in [0.15, 0.2) is 42.6 Å². The summed E-state index contributed by atoms with van der Waals surface area (Å²) in [7, 11) is 3.50. The fraction of sp³-hybridized carbons (Fsp3) is 0.350. The molecule has 1 saturated carbocycles. The summed E-state index contributed by atoms with van der Waals surface area (Å²) in [6, 6.07) is 9.56. The average molecular weight is 355 g/mol. The Morgan fingerprint density at radius 1 is 1.19 bits per heavy atom. The van der Waals surface area contributed by atoms with Crippen LogP contribution in [0.5, 0.6) is 0 Å². The Hall–Kier alpha value is -2.76. The van der Waals surface area contributed by atoms with Crippen molar-refractivity contribution in [3.8, 4) is 11.3 Å². The van der Waals surface area contributed by atoms with Crippen molar-refractivity contribution in [1.29, 1.82) is 0 Å². The van der Waals surface area contributed by atoms with Gasteiger partial charge >= 0.3 is 0 Å². The number of carbonyl (C=O) groups excluding carboxylic acids is 2. The average Bonchev–Trinajstić information content (AvgIpc) is 3.09. The molecule has 1 aliphatic carbocycles. The Morgan fingerprint density at radius 3 is 2.65 bits per heavy atom. The zero-order valence-corrected chi connectivity index (χ0v) is 14.9. The van der Waals surface area contributed by atoms with Crippen LogP contribution in [-0.4, -0.2) is 41.8 Å². The number of nitrogens with one attached hydrogen (secondary N) is 1. The monoisotopic (exact) mass is 355 g/mol. The van der Waals surface area contributed by atoms with E-state index < -0.39 is 0 Å². The predicted molar refractivity (Wildman–Crippen MR) is 96.9 cm³/mol. The van der Waals surface area contributed by atoms with Gasteiger partial charge in [0.05, 0.1) is 11.3 Å². The largest absolute Gasteiger partial charge is 0.349 e. The van der Waals surface area contributed by atoms with Crippen molar-refractivity contribution in [3.63, 3.8) is 0 Å². The van der Waals surface area contributed by atoms with E-state index in [0.29, 0.717) is 23.2 Å². The summed E-state index contributed by atoms with van der Waals surface area (Å²) in [5.74, 6) is -0.438. The van der Waals surface area contributed by atoms with Crippen LogP contribution in [0.25, 0.3) is 11.3 Å². The SMILES string of the molecule is CN(C)C(=O)[C@@H]1CC[C@H](NC(=O)c2ccc(-c3cccc(F)c3)nc2)C1. The minimum atomic E-state index is -0.325. The van der Waals surface area contributed by atoms with Gasteiger partial charge < -0.3 is 10.2 Å². The molecule has 0 spiro atoms. The Balaban J connectivity index is 1.61. The molecule has 1 fully saturated rings. The standard InChI is InChI=1S/C20H22FN3O2/c1-24(2)20(26)14-6-8-17(11-14)23-19(25)15-7-9-18(22-12-15)13-4-3-5-16(21)10-13/h3-5,7,9-10,12,14,17H,6,8,11H2,1-2H3,(H,23,25)/t14-,17+/m1/s1. The van der Waals surface area contributed by atoms with Gasteiger partial charge in [-0.2, -0.15) is 0 Å². The number of hydrogen-bond acceptors (Lipinski definition) is 3. The number of nitrogens with zero attached hydrogens (tertiary/aromatic N) is 2. The molecule has 1 aromatic carbocycles. The maximum atomic E-state index is 13.3. The van der Waals surface area contributed by atoms with Gasteiger partial charge in [-0.05, 0) is 43.5 Å². The molecule has 136 valence electrons. The summed E-state index contributed by atoms with van der Waals surface area (Å²) in [4.78, 5) is 30.3.